The highest BCUT2D eigenvalue weighted by Crippen LogP contribution is 2.32. The number of anilines is 2. The molecular weight excluding hydrogens is 426 g/mol. The van der Waals surface area contributed by atoms with Crippen molar-refractivity contribution in [1.29, 1.82) is 0 Å². The summed E-state index contributed by atoms with van der Waals surface area (Å²) in [6.45, 7) is 4.72. The fraction of sp³-hybridized carbons (Fsp3) is 0.348. The van der Waals surface area contributed by atoms with Gasteiger partial charge in [0.1, 0.15) is 0 Å². The van der Waals surface area contributed by atoms with Crippen LogP contribution >= 0.6 is 11.6 Å². The lowest BCUT2D eigenvalue weighted by Crippen LogP contribution is -2.43. The maximum absolute atomic E-state index is 9.45. The van der Waals surface area contributed by atoms with E-state index < -0.39 is 0 Å². The highest BCUT2D eigenvalue weighted by atomic mass is 35.5. The van der Waals surface area contributed by atoms with Crippen molar-refractivity contribution in [2.45, 2.75) is 45.4 Å². The zero-order chi connectivity index (χ0) is 22.4. The maximum atomic E-state index is 9.45. The van der Waals surface area contributed by atoms with Crippen LogP contribution in [0.25, 0.3) is 16.7 Å². The molecule has 0 spiro atoms. The van der Waals surface area contributed by atoms with E-state index in [-0.39, 0.29) is 6.10 Å². The third-order valence-corrected chi connectivity index (χ3v) is 6.72. The molecule has 0 radical (unpaired) electrons. The Morgan fingerprint density at radius 1 is 1.22 bits per heavy atom. The molecule has 8 nitrogen and oxygen atoms in total. The van der Waals surface area contributed by atoms with Crippen LogP contribution in [0.1, 0.15) is 29.8 Å². The summed E-state index contributed by atoms with van der Waals surface area (Å²) in [6, 6.07) is 8.25. The van der Waals surface area contributed by atoms with E-state index in [1.54, 1.807) is 10.9 Å². The molecule has 0 bridgehead atoms. The van der Waals surface area contributed by atoms with Crippen molar-refractivity contribution in [3.63, 3.8) is 0 Å². The van der Waals surface area contributed by atoms with Crippen molar-refractivity contribution in [3.05, 3.63) is 58.6 Å². The second kappa shape index (κ2) is 8.20. The molecule has 3 aromatic heterocycles. The summed E-state index contributed by atoms with van der Waals surface area (Å²) in [5.41, 5.74) is 5.04. The van der Waals surface area contributed by atoms with E-state index in [9.17, 15) is 5.11 Å². The molecule has 1 aliphatic carbocycles. The Hall–Kier alpha value is -2.94. The number of aliphatic hydroxyl groups is 1. The number of nitrogens with one attached hydrogen (secondary N) is 2. The van der Waals surface area contributed by atoms with E-state index in [0.717, 1.165) is 58.0 Å². The SMILES string of the molecule is Cc1nn(-c2ccnc(Nc3ccc4c(c3)c(Cl)c(C)n4C)n2)cc1CN[C@H]1C[C@@H](O)C1. The van der Waals surface area contributed by atoms with Gasteiger partial charge >= 0.3 is 0 Å². The first kappa shape index (κ1) is 20.9. The predicted octanol–water partition coefficient (Wildman–Crippen LogP) is 3.78. The second-order valence-corrected chi connectivity index (χ2v) is 8.82. The average molecular weight is 452 g/mol. The Bertz CT molecular complexity index is 1290. The van der Waals surface area contributed by atoms with Crippen LogP contribution in [0, 0.1) is 13.8 Å². The summed E-state index contributed by atoms with van der Waals surface area (Å²) in [7, 11) is 2.01. The Balaban J connectivity index is 1.34. The minimum absolute atomic E-state index is 0.161. The van der Waals surface area contributed by atoms with Gasteiger partial charge in [0.2, 0.25) is 5.95 Å². The number of hydrogen-bond donors (Lipinski definition) is 3. The molecule has 9 heteroatoms. The van der Waals surface area contributed by atoms with Crippen LogP contribution in [0.3, 0.4) is 0 Å². The molecule has 0 unspecified atom stereocenters. The summed E-state index contributed by atoms with van der Waals surface area (Å²) >= 11 is 6.50. The normalized spacial score (nSPS) is 18.2. The fourth-order valence-electron chi connectivity index (χ4n) is 4.07. The Morgan fingerprint density at radius 2 is 2.03 bits per heavy atom. The van der Waals surface area contributed by atoms with E-state index in [0.29, 0.717) is 17.8 Å². The number of benzene rings is 1. The van der Waals surface area contributed by atoms with Gasteiger partial charge in [0, 0.05) is 65.9 Å². The molecule has 1 aliphatic rings. The molecule has 1 saturated carbocycles. The third-order valence-electron chi connectivity index (χ3n) is 6.24. The smallest absolute Gasteiger partial charge is 0.229 e. The number of fused-ring (bicyclic) bond motifs is 1. The molecule has 1 aromatic carbocycles. The first-order chi connectivity index (χ1) is 15.4. The summed E-state index contributed by atoms with van der Waals surface area (Å²) in [5, 5.41) is 22.6. The maximum Gasteiger partial charge on any atom is 0.229 e. The zero-order valence-corrected chi connectivity index (χ0v) is 19.1. The van der Waals surface area contributed by atoms with Crippen molar-refractivity contribution in [2.24, 2.45) is 7.05 Å². The second-order valence-electron chi connectivity index (χ2n) is 8.44. The Morgan fingerprint density at radius 3 is 2.81 bits per heavy atom. The molecule has 0 atom stereocenters. The van der Waals surface area contributed by atoms with Gasteiger partial charge in [0.05, 0.1) is 16.8 Å². The lowest BCUT2D eigenvalue weighted by molar-refractivity contribution is 0.0619. The standard InChI is InChI=1S/C23H26ClN7O/c1-13-15(11-26-17-8-18(32)9-17)12-31(29-13)21-6-7-25-23(28-21)27-16-4-5-20-19(10-16)22(24)14(2)30(20)3/h4-7,10,12,17-18,26,32H,8-9,11H2,1-3H3,(H,25,27,28)/t17-,18+. The number of nitrogens with zero attached hydrogens (tertiary/aromatic N) is 5. The van der Waals surface area contributed by atoms with Crippen molar-refractivity contribution < 1.29 is 5.11 Å². The number of hydrogen-bond acceptors (Lipinski definition) is 6. The van der Waals surface area contributed by atoms with Gasteiger partial charge in [-0.3, -0.25) is 0 Å². The quantitative estimate of drug-likeness (QED) is 0.413. The van der Waals surface area contributed by atoms with Crippen molar-refractivity contribution in [2.75, 3.05) is 5.32 Å². The van der Waals surface area contributed by atoms with Crippen LogP contribution in [-0.4, -0.2) is 41.6 Å². The van der Waals surface area contributed by atoms with Gasteiger partial charge in [-0.1, -0.05) is 11.6 Å². The molecule has 0 saturated heterocycles. The van der Waals surface area contributed by atoms with E-state index in [2.05, 4.69) is 30.3 Å². The molecule has 166 valence electrons. The van der Waals surface area contributed by atoms with Crippen molar-refractivity contribution in [1.82, 2.24) is 29.6 Å². The first-order valence-corrected chi connectivity index (χ1v) is 11.1. The molecule has 0 amide bonds. The highest BCUT2D eigenvalue weighted by molar-refractivity contribution is 6.36. The lowest BCUT2D eigenvalue weighted by atomic mass is 9.89. The summed E-state index contributed by atoms with van der Waals surface area (Å²) in [5.74, 6) is 1.17. The van der Waals surface area contributed by atoms with Crippen molar-refractivity contribution in [3.8, 4) is 5.82 Å². The predicted molar refractivity (Wildman–Crippen MR) is 126 cm³/mol. The number of aromatic nitrogens is 5. The van der Waals surface area contributed by atoms with Crippen LogP contribution in [0.4, 0.5) is 11.6 Å². The molecule has 4 aromatic rings. The van der Waals surface area contributed by atoms with E-state index in [4.69, 9.17) is 11.6 Å². The van der Waals surface area contributed by atoms with Gasteiger partial charge in [0.15, 0.2) is 5.82 Å². The van der Waals surface area contributed by atoms with E-state index in [1.165, 1.54) is 0 Å². The van der Waals surface area contributed by atoms with Crippen LogP contribution < -0.4 is 10.6 Å². The zero-order valence-electron chi connectivity index (χ0n) is 18.3. The lowest BCUT2D eigenvalue weighted by Gasteiger charge is -2.32. The topological polar surface area (TPSA) is 92.8 Å². The monoisotopic (exact) mass is 451 g/mol. The van der Waals surface area contributed by atoms with Gasteiger partial charge in [0.25, 0.3) is 0 Å². The molecule has 0 aliphatic heterocycles. The van der Waals surface area contributed by atoms with Crippen LogP contribution in [-0.2, 0) is 13.6 Å². The van der Waals surface area contributed by atoms with Gasteiger partial charge in [-0.25, -0.2) is 9.67 Å². The molecule has 1 fully saturated rings. The average Bonchev–Trinajstić information content (AvgIpc) is 3.24. The molecular formula is C23H26ClN7O. The van der Waals surface area contributed by atoms with Crippen LogP contribution in [0.15, 0.2) is 36.7 Å². The van der Waals surface area contributed by atoms with Gasteiger partial charge in [-0.2, -0.15) is 10.1 Å². The Kier molecular flexibility index (Phi) is 5.36. The molecule has 32 heavy (non-hydrogen) atoms. The number of halogens is 1. The molecule has 5 rings (SSSR count). The first-order valence-electron chi connectivity index (χ1n) is 10.7. The van der Waals surface area contributed by atoms with Crippen LogP contribution in [0.5, 0.6) is 0 Å². The summed E-state index contributed by atoms with van der Waals surface area (Å²) in [4.78, 5) is 9.00. The Labute approximate surface area is 191 Å². The van der Waals surface area contributed by atoms with Gasteiger partial charge in [-0.15, -0.1) is 0 Å². The van der Waals surface area contributed by atoms with Gasteiger partial charge in [-0.05, 0) is 44.9 Å². The largest absolute Gasteiger partial charge is 0.393 e. The highest BCUT2D eigenvalue weighted by Gasteiger charge is 2.26. The van der Waals surface area contributed by atoms with Crippen molar-refractivity contribution >= 4 is 34.1 Å². The minimum atomic E-state index is -0.161. The fourth-order valence-corrected chi connectivity index (χ4v) is 4.34. The van der Waals surface area contributed by atoms with Gasteiger partial charge < -0.3 is 20.3 Å². The van der Waals surface area contributed by atoms with Crippen LogP contribution in [0.2, 0.25) is 5.02 Å². The summed E-state index contributed by atoms with van der Waals surface area (Å²) < 4.78 is 3.85. The van der Waals surface area contributed by atoms with E-state index in [1.807, 2.05) is 51.4 Å². The number of aryl methyl sites for hydroxylation is 2. The number of aliphatic hydroxyl groups excluding tert-OH is 1. The molecule has 3 N–H and O–H groups in total. The third kappa shape index (κ3) is 3.85. The van der Waals surface area contributed by atoms with E-state index >= 15 is 0 Å². The minimum Gasteiger partial charge on any atom is -0.393 e. The number of rotatable bonds is 6. The summed E-state index contributed by atoms with van der Waals surface area (Å²) in [6.07, 6.45) is 5.17. The molecule has 3 heterocycles.